The van der Waals surface area contributed by atoms with Crippen molar-refractivity contribution < 1.29 is 4.79 Å². The van der Waals surface area contributed by atoms with E-state index in [9.17, 15) is 4.79 Å². The fraction of sp³-hybridized carbons (Fsp3) is 0.565. The quantitative estimate of drug-likeness (QED) is 0.794. The van der Waals surface area contributed by atoms with Crippen molar-refractivity contribution in [3.05, 3.63) is 35.8 Å². The fourth-order valence-corrected chi connectivity index (χ4v) is 5.01. The molecule has 0 aromatic carbocycles. The molecule has 0 radical (unpaired) electrons. The lowest BCUT2D eigenvalue weighted by Gasteiger charge is -2.35. The van der Waals surface area contributed by atoms with Gasteiger partial charge in [-0.3, -0.25) is 9.78 Å². The van der Waals surface area contributed by atoms with Crippen LogP contribution in [0.15, 0.2) is 24.4 Å². The topological polar surface area (TPSA) is 62.2 Å². The summed E-state index contributed by atoms with van der Waals surface area (Å²) in [7, 11) is 1.97. The molecule has 1 saturated heterocycles. The number of fused-ring (bicyclic) bond motifs is 1. The highest BCUT2D eigenvalue weighted by Gasteiger charge is 2.40. The standard InChI is InChI=1S/C23H31N5O/c1-5-22(29)27(4)19-12-17-9-11-28(14-18(17)13-19)23-24-10-8-21(26-23)20-7-6-15(2)25-16(20)3/h6-8,10,17-19H,5,9,11-14H2,1-4H3/t17-,18-,19+/m1/s1. The minimum Gasteiger partial charge on any atom is -0.343 e. The fourth-order valence-electron chi connectivity index (χ4n) is 5.01. The molecule has 6 nitrogen and oxygen atoms in total. The van der Waals surface area contributed by atoms with Crippen molar-refractivity contribution in [2.75, 3.05) is 25.0 Å². The summed E-state index contributed by atoms with van der Waals surface area (Å²) in [5, 5.41) is 0. The number of pyridine rings is 1. The SMILES string of the molecule is CCC(=O)N(C)[C@H]1C[C@H]2CCN(c3nccc(-c4ccc(C)nc4C)n3)C[C@H]2C1. The molecule has 1 saturated carbocycles. The van der Waals surface area contributed by atoms with Crippen molar-refractivity contribution in [2.45, 2.75) is 52.5 Å². The van der Waals surface area contributed by atoms with Crippen LogP contribution in [0.4, 0.5) is 5.95 Å². The van der Waals surface area contributed by atoms with E-state index in [2.05, 4.69) is 20.9 Å². The number of carbonyl (C=O) groups is 1. The Labute approximate surface area is 173 Å². The molecule has 154 valence electrons. The van der Waals surface area contributed by atoms with Gasteiger partial charge in [-0.1, -0.05) is 6.92 Å². The van der Waals surface area contributed by atoms with Crippen LogP contribution in [-0.2, 0) is 4.79 Å². The van der Waals surface area contributed by atoms with Crippen LogP contribution >= 0.6 is 0 Å². The zero-order valence-corrected chi connectivity index (χ0v) is 17.9. The van der Waals surface area contributed by atoms with E-state index in [1.807, 2.05) is 51.0 Å². The Balaban J connectivity index is 1.49. The van der Waals surface area contributed by atoms with E-state index in [0.29, 0.717) is 24.3 Å². The summed E-state index contributed by atoms with van der Waals surface area (Å²) in [6.07, 6.45) is 5.81. The van der Waals surface area contributed by atoms with Gasteiger partial charge in [0.15, 0.2) is 0 Å². The van der Waals surface area contributed by atoms with Crippen molar-refractivity contribution in [3.63, 3.8) is 0 Å². The van der Waals surface area contributed by atoms with E-state index in [-0.39, 0.29) is 5.91 Å². The Morgan fingerprint density at radius 1 is 1.17 bits per heavy atom. The average molecular weight is 394 g/mol. The van der Waals surface area contributed by atoms with Crippen LogP contribution in [0.2, 0.25) is 0 Å². The van der Waals surface area contributed by atoms with Gasteiger partial charge in [-0.05, 0) is 63.1 Å². The van der Waals surface area contributed by atoms with E-state index >= 15 is 0 Å². The second kappa shape index (κ2) is 8.09. The Kier molecular flexibility index (Phi) is 5.52. The third-order valence-electron chi connectivity index (χ3n) is 6.71. The van der Waals surface area contributed by atoms with Crippen LogP contribution in [0.25, 0.3) is 11.3 Å². The molecular weight excluding hydrogens is 362 g/mol. The number of aryl methyl sites for hydroxylation is 2. The van der Waals surface area contributed by atoms with Gasteiger partial charge in [0.05, 0.1) is 5.69 Å². The van der Waals surface area contributed by atoms with Crippen molar-refractivity contribution in [1.82, 2.24) is 19.9 Å². The van der Waals surface area contributed by atoms with Crippen molar-refractivity contribution in [1.29, 1.82) is 0 Å². The summed E-state index contributed by atoms with van der Waals surface area (Å²) in [4.78, 5) is 30.4. The van der Waals surface area contributed by atoms with Crippen LogP contribution < -0.4 is 4.90 Å². The summed E-state index contributed by atoms with van der Waals surface area (Å²) < 4.78 is 0. The Morgan fingerprint density at radius 2 is 1.97 bits per heavy atom. The van der Waals surface area contributed by atoms with Crippen LogP contribution in [0.1, 0.15) is 44.0 Å². The summed E-state index contributed by atoms with van der Waals surface area (Å²) in [5.41, 5.74) is 4.01. The van der Waals surface area contributed by atoms with Crippen molar-refractivity contribution in [2.24, 2.45) is 11.8 Å². The van der Waals surface area contributed by atoms with Crippen LogP contribution in [0, 0.1) is 25.7 Å². The molecule has 1 aliphatic heterocycles. The Bertz CT molecular complexity index is 899. The third-order valence-corrected chi connectivity index (χ3v) is 6.71. The molecule has 1 amide bonds. The molecule has 1 aliphatic carbocycles. The second-order valence-corrected chi connectivity index (χ2v) is 8.57. The predicted octanol–water partition coefficient (Wildman–Crippen LogP) is 3.63. The largest absolute Gasteiger partial charge is 0.343 e. The van der Waals surface area contributed by atoms with Gasteiger partial charge in [-0.25, -0.2) is 9.97 Å². The Morgan fingerprint density at radius 3 is 2.72 bits per heavy atom. The molecule has 0 bridgehead atoms. The number of carbonyl (C=O) groups excluding carboxylic acids is 1. The van der Waals surface area contributed by atoms with Gasteiger partial charge in [0.1, 0.15) is 0 Å². The molecule has 0 unspecified atom stereocenters. The summed E-state index contributed by atoms with van der Waals surface area (Å²) in [6, 6.07) is 6.47. The average Bonchev–Trinajstić information content (AvgIpc) is 3.16. The normalized spacial score (nSPS) is 23.7. The molecule has 0 spiro atoms. The molecule has 2 fully saturated rings. The Hall–Kier alpha value is -2.50. The number of aromatic nitrogens is 3. The van der Waals surface area contributed by atoms with Crippen molar-refractivity contribution >= 4 is 11.9 Å². The molecule has 29 heavy (non-hydrogen) atoms. The lowest BCUT2D eigenvalue weighted by atomic mass is 9.89. The van der Waals surface area contributed by atoms with Crippen LogP contribution in [0.5, 0.6) is 0 Å². The maximum Gasteiger partial charge on any atom is 0.225 e. The van der Waals surface area contributed by atoms with Gasteiger partial charge in [-0.2, -0.15) is 0 Å². The maximum absolute atomic E-state index is 12.1. The minimum absolute atomic E-state index is 0.253. The number of rotatable bonds is 4. The highest BCUT2D eigenvalue weighted by atomic mass is 16.2. The number of hydrogen-bond acceptors (Lipinski definition) is 5. The minimum atomic E-state index is 0.253. The molecule has 2 aromatic heterocycles. The first-order valence-electron chi connectivity index (χ1n) is 10.7. The van der Waals surface area contributed by atoms with Gasteiger partial charge < -0.3 is 9.80 Å². The summed E-state index contributed by atoms with van der Waals surface area (Å²) >= 11 is 0. The zero-order chi connectivity index (χ0) is 20.5. The first-order chi connectivity index (χ1) is 14.0. The third kappa shape index (κ3) is 3.98. The van der Waals surface area contributed by atoms with Gasteiger partial charge >= 0.3 is 0 Å². The number of anilines is 1. The summed E-state index contributed by atoms with van der Waals surface area (Å²) in [5.74, 6) is 2.37. The first-order valence-corrected chi connectivity index (χ1v) is 10.7. The van der Waals surface area contributed by atoms with E-state index in [0.717, 1.165) is 60.9 Å². The number of hydrogen-bond donors (Lipinski definition) is 0. The first kappa shape index (κ1) is 19.8. The molecule has 2 aliphatic rings. The number of piperidine rings is 1. The zero-order valence-electron chi connectivity index (χ0n) is 17.9. The highest BCUT2D eigenvalue weighted by molar-refractivity contribution is 5.75. The summed E-state index contributed by atoms with van der Waals surface area (Å²) in [6.45, 7) is 7.94. The lowest BCUT2D eigenvalue weighted by molar-refractivity contribution is -0.131. The van der Waals surface area contributed by atoms with E-state index in [1.54, 1.807) is 0 Å². The maximum atomic E-state index is 12.1. The monoisotopic (exact) mass is 393 g/mol. The molecule has 2 aromatic rings. The number of amides is 1. The van der Waals surface area contributed by atoms with Crippen molar-refractivity contribution in [3.8, 4) is 11.3 Å². The van der Waals surface area contributed by atoms with Gasteiger partial charge in [-0.15, -0.1) is 0 Å². The molecule has 4 rings (SSSR count). The second-order valence-electron chi connectivity index (χ2n) is 8.57. The highest BCUT2D eigenvalue weighted by Crippen LogP contribution is 2.40. The molecule has 3 heterocycles. The van der Waals surface area contributed by atoms with Crippen LogP contribution in [0.3, 0.4) is 0 Å². The van der Waals surface area contributed by atoms with Crippen LogP contribution in [-0.4, -0.2) is 51.9 Å². The molecule has 3 atom stereocenters. The molecular formula is C23H31N5O. The van der Waals surface area contributed by atoms with Gasteiger partial charge in [0.25, 0.3) is 0 Å². The molecule has 0 N–H and O–H groups in total. The molecule has 6 heteroatoms. The van der Waals surface area contributed by atoms with Gasteiger partial charge in [0.2, 0.25) is 11.9 Å². The smallest absolute Gasteiger partial charge is 0.225 e. The van der Waals surface area contributed by atoms with E-state index in [1.165, 1.54) is 0 Å². The van der Waals surface area contributed by atoms with Gasteiger partial charge in [0, 0.05) is 55.7 Å². The van der Waals surface area contributed by atoms with E-state index in [4.69, 9.17) is 4.98 Å². The van der Waals surface area contributed by atoms with E-state index < -0.39 is 0 Å². The lowest BCUT2D eigenvalue weighted by Crippen LogP contribution is -2.39. The number of nitrogens with zero attached hydrogens (tertiary/aromatic N) is 5. The predicted molar refractivity (Wildman–Crippen MR) is 115 cm³/mol.